The van der Waals surface area contributed by atoms with Gasteiger partial charge in [0, 0.05) is 19.7 Å². The number of primary amides is 1. The van der Waals surface area contributed by atoms with Crippen molar-refractivity contribution in [1.82, 2.24) is 9.88 Å². The van der Waals surface area contributed by atoms with Gasteiger partial charge >= 0.3 is 6.03 Å². The molecule has 0 radical (unpaired) electrons. The highest BCUT2D eigenvalue weighted by Crippen LogP contribution is 2.19. The number of hydrogen-bond acceptors (Lipinski definition) is 4. The summed E-state index contributed by atoms with van der Waals surface area (Å²) in [5.74, 6) is 0.229. The van der Waals surface area contributed by atoms with E-state index in [1.807, 2.05) is 0 Å². The normalized spacial score (nSPS) is 10.4. The molecule has 7 heteroatoms. The zero-order valence-electron chi connectivity index (χ0n) is 10.6. The van der Waals surface area contributed by atoms with Gasteiger partial charge in [0.1, 0.15) is 12.1 Å². The fourth-order valence-electron chi connectivity index (χ4n) is 1.61. The number of nitrogens with one attached hydrogen (secondary N) is 1. The van der Waals surface area contributed by atoms with Gasteiger partial charge in [-0.05, 0) is 18.2 Å². The lowest BCUT2D eigenvalue weighted by Gasteiger charge is -2.13. The van der Waals surface area contributed by atoms with Crippen LogP contribution in [-0.4, -0.2) is 35.4 Å². The zero-order chi connectivity index (χ0) is 14.0. The van der Waals surface area contributed by atoms with E-state index in [-0.39, 0.29) is 12.5 Å². The van der Waals surface area contributed by atoms with Crippen molar-refractivity contribution in [2.24, 2.45) is 5.73 Å². The predicted molar refractivity (Wildman–Crippen MR) is 69.6 cm³/mol. The van der Waals surface area contributed by atoms with Crippen LogP contribution in [0.2, 0.25) is 0 Å². The molecule has 1 aromatic carbocycles. The van der Waals surface area contributed by atoms with Gasteiger partial charge in [0.05, 0.1) is 0 Å². The number of likely N-dealkylation sites (N-methyl/N-ethyl adjacent to an activating group) is 1. The number of hydrogen-bond donors (Lipinski definition) is 2. The second kappa shape index (κ2) is 4.97. The summed E-state index contributed by atoms with van der Waals surface area (Å²) >= 11 is 0. The van der Waals surface area contributed by atoms with E-state index in [9.17, 15) is 9.59 Å². The highest BCUT2D eigenvalue weighted by atomic mass is 16.3. The van der Waals surface area contributed by atoms with Gasteiger partial charge < -0.3 is 20.4 Å². The largest absolute Gasteiger partial charge is 0.441 e. The van der Waals surface area contributed by atoms with Gasteiger partial charge in [-0.15, -0.1) is 0 Å². The highest BCUT2D eigenvalue weighted by molar-refractivity contribution is 5.95. The van der Waals surface area contributed by atoms with Crippen LogP contribution in [0.4, 0.5) is 10.5 Å². The van der Waals surface area contributed by atoms with E-state index < -0.39 is 6.03 Å². The number of urea groups is 1. The molecule has 0 saturated carbocycles. The molecule has 2 aromatic rings. The van der Waals surface area contributed by atoms with Gasteiger partial charge in [0.2, 0.25) is 5.91 Å². The summed E-state index contributed by atoms with van der Waals surface area (Å²) < 4.78 is 5.33. The maximum atomic E-state index is 11.7. The number of aryl methyl sites for hydroxylation is 1. The van der Waals surface area contributed by atoms with Crippen LogP contribution in [0, 0.1) is 6.92 Å². The Hall–Kier alpha value is -2.57. The number of carbonyl (C=O) groups is 2. The number of oxazole rings is 1. The number of nitrogens with two attached hydrogens (primary N) is 1. The Bertz CT molecular complexity index is 635. The second-order valence-corrected chi connectivity index (χ2v) is 4.16. The number of anilines is 1. The van der Waals surface area contributed by atoms with Gasteiger partial charge in [-0.1, -0.05) is 0 Å². The van der Waals surface area contributed by atoms with E-state index >= 15 is 0 Å². The molecule has 0 aliphatic heterocycles. The third-order valence-electron chi connectivity index (χ3n) is 2.54. The van der Waals surface area contributed by atoms with Gasteiger partial charge in [0.25, 0.3) is 0 Å². The summed E-state index contributed by atoms with van der Waals surface area (Å²) in [5, 5.41) is 2.66. The van der Waals surface area contributed by atoms with Gasteiger partial charge in [-0.2, -0.15) is 0 Å². The lowest BCUT2D eigenvalue weighted by atomic mass is 10.3. The van der Waals surface area contributed by atoms with E-state index in [2.05, 4.69) is 10.3 Å². The number of carbonyl (C=O) groups excluding carboxylic acids is 2. The van der Waals surface area contributed by atoms with Crippen molar-refractivity contribution in [3.05, 3.63) is 24.1 Å². The predicted octanol–water partition coefficient (Wildman–Crippen LogP) is 1.09. The minimum atomic E-state index is -0.655. The molecule has 7 nitrogen and oxygen atoms in total. The molecule has 3 amide bonds. The first-order valence-electron chi connectivity index (χ1n) is 5.63. The van der Waals surface area contributed by atoms with Gasteiger partial charge in [0.15, 0.2) is 11.5 Å². The molecule has 0 unspecified atom stereocenters. The van der Waals surface area contributed by atoms with Crippen molar-refractivity contribution in [3.8, 4) is 0 Å². The smallest absolute Gasteiger partial charge is 0.314 e. The average molecular weight is 262 g/mol. The fraction of sp³-hybridized carbons (Fsp3) is 0.250. The van der Waals surface area contributed by atoms with Crippen molar-refractivity contribution in [3.63, 3.8) is 0 Å². The molecule has 0 aliphatic rings. The Morgan fingerprint density at radius 3 is 2.89 bits per heavy atom. The first-order chi connectivity index (χ1) is 8.95. The molecule has 0 atom stereocenters. The number of benzene rings is 1. The summed E-state index contributed by atoms with van der Waals surface area (Å²) in [4.78, 5) is 27.8. The molecule has 1 aromatic heterocycles. The molecule has 1 heterocycles. The van der Waals surface area contributed by atoms with E-state index in [4.69, 9.17) is 10.2 Å². The molecule has 0 saturated heterocycles. The molecule has 2 rings (SSSR count). The topological polar surface area (TPSA) is 101 Å². The Balaban J connectivity index is 2.08. The molecular formula is C12H14N4O3. The quantitative estimate of drug-likeness (QED) is 0.864. The molecule has 100 valence electrons. The monoisotopic (exact) mass is 262 g/mol. The first-order valence-corrected chi connectivity index (χ1v) is 5.63. The number of amides is 3. The van der Waals surface area contributed by atoms with Crippen molar-refractivity contribution in [2.45, 2.75) is 6.92 Å². The molecule has 0 spiro atoms. The molecule has 19 heavy (non-hydrogen) atoms. The number of nitrogens with zero attached hydrogens (tertiary/aromatic N) is 2. The summed E-state index contributed by atoms with van der Waals surface area (Å²) in [6, 6.07) is 4.48. The molecule has 3 N–H and O–H groups in total. The van der Waals surface area contributed by atoms with Crippen LogP contribution in [0.3, 0.4) is 0 Å². The van der Waals surface area contributed by atoms with Crippen LogP contribution in [0.5, 0.6) is 0 Å². The molecule has 0 fully saturated rings. The zero-order valence-corrected chi connectivity index (χ0v) is 10.6. The summed E-state index contributed by atoms with van der Waals surface area (Å²) in [6.45, 7) is 1.64. The van der Waals surface area contributed by atoms with Gasteiger partial charge in [-0.3, -0.25) is 4.79 Å². The fourth-order valence-corrected chi connectivity index (χ4v) is 1.61. The lowest BCUT2D eigenvalue weighted by molar-refractivity contribution is -0.116. The van der Waals surface area contributed by atoms with Crippen molar-refractivity contribution in [2.75, 3.05) is 18.9 Å². The minimum Gasteiger partial charge on any atom is -0.441 e. The maximum absolute atomic E-state index is 11.7. The summed E-state index contributed by atoms with van der Waals surface area (Å²) in [7, 11) is 1.45. The highest BCUT2D eigenvalue weighted by Gasteiger charge is 2.10. The van der Waals surface area contributed by atoms with E-state index in [1.165, 1.54) is 7.05 Å². The third kappa shape index (κ3) is 3.01. The molecular weight excluding hydrogens is 248 g/mol. The minimum absolute atomic E-state index is 0.106. The number of aromatic nitrogens is 1. The second-order valence-electron chi connectivity index (χ2n) is 4.16. The van der Waals surface area contributed by atoms with Gasteiger partial charge in [-0.25, -0.2) is 9.78 Å². The third-order valence-corrected chi connectivity index (χ3v) is 2.54. The SMILES string of the molecule is Cc1nc2cc(NC(=O)CN(C)C(N)=O)ccc2o1. The van der Waals surface area contributed by atoms with Crippen molar-refractivity contribution >= 4 is 28.7 Å². The summed E-state index contributed by atoms with van der Waals surface area (Å²) in [6.07, 6.45) is 0. The van der Waals surface area contributed by atoms with E-state index in [0.717, 1.165) is 4.90 Å². The average Bonchev–Trinajstić information content (AvgIpc) is 2.68. The molecule has 0 aliphatic carbocycles. The van der Waals surface area contributed by atoms with Crippen LogP contribution in [-0.2, 0) is 4.79 Å². The first kappa shape index (κ1) is 12.9. The van der Waals surface area contributed by atoms with Crippen molar-refractivity contribution in [1.29, 1.82) is 0 Å². The lowest BCUT2D eigenvalue weighted by Crippen LogP contribution is -2.38. The maximum Gasteiger partial charge on any atom is 0.314 e. The number of fused-ring (bicyclic) bond motifs is 1. The van der Waals surface area contributed by atoms with Crippen LogP contribution in [0.1, 0.15) is 5.89 Å². The Kier molecular flexibility index (Phi) is 3.37. The standard InChI is InChI=1S/C12H14N4O3/c1-7-14-9-5-8(3-4-10(9)19-7)15-11(17)6-16(2)12(13)18/h3-5H,6H2,1-2H3,(H2,13,18)(H,15,17). The van der Waals surface area contributed by atoms with E-state index in [1.54, 1.807) is 25.1 Å². The van der Waals surface area contributed by atoms with Crippen LogP contribution in [0.15, 0.2) is 22.6 Å². The Labute approximate surface area is 109 Å². The number of rotatable bonds is 3. The Morgan fingerprint density at radius 2 is 2.21 bits per heavy atom. The molecule has 0 bridgehead atoms. The Morgan fingerprint density at radius 1 is 1.47 bits per heavy atom. The van der Waals surface area contributed by atoms with Crippen LogP contribution < -0.4 is 11.1 Å². The van der Waals surface area contributed by atoms with E-state index in [0.29, 0.717) is 22.7 Å². The van der Waals surface area contributed by atoms with Crippen molar-refractivity contribution < 1.29 is 14.0 Å². The van der Waals surface area contributed by atoms with Crippen LogP contribution >= 0.6 is 0 Å². The summed E-state index contributed by atoms with van der Waals surface area (Å²) in [5.41, 5.74) is 6.95. The van der Waals surface area contributed by atoms with Crippen LogP contribution in [0.25, 0.3) is 11.1 Å².